The monoisotopic (exact) mass is 314 g/mol. The number of carbonyl (C=O) groups is 2. The second-order valence-corrected chi connectivity index (χ2v) is 5.92. The van der Waals surface area contributed by atoms with Crippen LogP contribution < -0.4 is 0 Å². The smallest absolute Gasteiger partial charge is 0.303 e. The fourth-order valence-corrected chi connectivity index (χ4v) is 3.18. The minimum Gasteiger partial charge on any atom is -0.458 e. The lowest BCUT2D eigenvalue weighted by molar-refractivity contribution is -0.145. The molecule has 0 N–H and O–H groups in total. The maximum absolute atomic E-state index is 11.8. The van der Waals surface area contributed by atoms with Crippen molar-refractivity contribution >= 4 is 23.5 Å². The molecule has 0 bridgehead atoms. The first-order chi connectivity index (χ1) is 10.7. The molecule has 0 radical (unpaired) electrons. The number of esters is 1. The first-order valence-corrected chi connectivity index (χ1v) is 8.08. The summed E-state index contributed by atoms with van der Waals surface area (Å²) in [4.78, 5) is 22.6. The number of Topliss-reactive ketones (excluding diaryl/α,β-unsaturated/α-hetero) is 1. The van der Waals surface area contributed by atoms with Gasteiger partial charge in [0.1, 0.15) is 0 Å². The molecule has 0 saturated carbocycles. The van der Waals surface area contributed by atoms with E-state index in [0.717, 1.165) is 11.1 Å². The van der Waals surface area contributed by atoms with Crippen molar-refractivity contribution in [1.29, 1.82) is 0 Å². The van der Waals surface area contributed by atoms with E-state index < -0.39 is 5.97 Å². The van der Waals surface area contributed by atoms with Gasteiger partial charge in [-0.05, 0) is 11.1 Å². The molecule has 0 heterocycles. The molecule has 2 aromatic carbocycles. The average molecular weight is 314 g/mol. The highest BCUT2D eigenvalue weighted by atomic mass is 32.2. The van der Waals surface area contributed by atoms with E-state index in [0.29, 0.717) is 5.75 Å². The van der Waals surface area contributed by atoms with Crippen molar-refractivity contribution in [2.75, 3.05) is 12.4 Å². The van der Waals surface area contributed by atoms with Gasteiger partial charge in [-0.2, -0.15) is 0 Å². The van der Waals surface area contributed by atoms with Gasteiger partial charge >= 0.3 is 5.97 Å². The van der Waals surface area contributed by atoms with Crippen LogP contribution in [0.2, 0.25) is 0 Å². The molecule has 0 aromatic heterocycles. The second kappa shape index (κ2) is 8.39. The molecule has 2 aromatic rings. The van der Waals surface area contributed by atoms with Crippen molar-refractivity contribution in [3.8, 4) is 0 Å². The zero-order chi connectivity index (χ0) is 15.8. The quantitative estimate of drug-likeness (QED) is 0.732. The zero-order valence-electron chi connectivity index (χ0n) is 12.4. The summed E-state index contributed by atoms with van der Waals surface area (Å²) in [6.45, 7) is 1.15. The first-order valence-electron chi connectivity index (χ1n) is 7.03. The largest absolute Gasteiger partial charge is 0.458 e. The van der Waals surface area contributed by atoms with Gasteiger partial charge in [-0.1, -0.05) is 60.7 Å². The summed E-state index contributed by atoms with van der Waals surface area (Å²) in [7, 11) is 0. The van der Waals surface area contributed by atoms with E-state index in [1.54, 1.807) is 11.8 Å². The molecule has 0 fully saturated rings. The Bertz CT molecular complexity index is 571. The van der Waals surface area contributed by atoms with Crippen LogP contribution in [-0.4, -0.2) is 24.1 Å². The van der Waals surface area contributed by atoms with E-state index in [2.05, 4.69) is 24.3 Å². The summed E-state index contributed by atoms with van der Waals surface area (Å²) < 4.78 is 4.75. The van der Waals surface area contributed by atoms with Gasteiger partial charge in [0.15, 0.2) is 12.4 Å². The van der Waals surface area contributed by atoms with E-state index in [-0.39, 0.29) is 17.6 Å². The summed E-state index contributed by atoms with van der Waals surface area (Å²) in [5, 5.41) is 0.0867. The van der Waals surface area contributed by atoms with Crippen molar-refractivity contribution in [3.05, 3.63) is 71.8 Å². The third-order valence-corrected chi connectivity index (χ3v) is 4.42. The number of hydrogen-bond donors (Lipinski definition) is 0. The SMILES string of the molecule is CC(=O)OCC(=O)CSC(c1ccccc1)c1ccccc1. The molecule has 0 saturated heterocycles. The Labute approximate surface area is 134 Å². The summed E-state index contributed by atoms with van der Waals surface area (Å²) >= 11 is 1.55. The Hall–Kier alpha value is -2.07. The van der Waals surface area contributed by atoms with Crippen LogP contribution in [0.15, 0.2) is 60.7 Å². The lowest BCUT2D eigenvalue weighted by atomic mass is 10.0. The van der Waals surface area contributed by atoms with Crippen LogP contribution in [0, 0.1) is 0 Å². The van der Waals surface area contributed by atoms with Crippen molar-refractivity contribution in [2.45, 2.75) is 12.2 Å². The Kier molecular flexibility index (Phi) is 6.22. The molecule has 22 heavy (non-hydrogen) atoms. The molecule has 0 spiro atoms. The number of thioether (sulfide) groups is 1. The van der Waals surface area contributed by atoms with Gasteiger partial charge in [0.05, 0.1) is 11.0 Å². The lowest BCUT2D eigenvalue weighted by Crippen LogP contribution is -2.14. The van der Waals surface area contributed by atoms with Gasteiger partial charge in [0, 0.05) is 6.92 Å². The molecule has 0 aliphatic carbocycles. The molecule has 0 aliphatic heterocycles. The van der Waals surface area contributed by atoms with Crippen molar-refractivity contribution in [3.63, 3.8) is 0 Å². The predicted molar refractivity (Wildman–Crippen MR) is 88.8 cm³/mol. The Balaban J connectivity index is 2.06. The van der Waals surface area contributed by atoms with E-state index >= 15 is 0 Å². The molecule has 4 heteroatoms. The highest BCUT2D eigenvalue weighted by Gasteiger charge is 2.16. The van der Waals surface area contributed by atoms with Gasteiger partial charge in [0.25, 0.3) is 0 Å². The van der Waals surface area contributed by atoms with Crippen molar-refractivity contribution in [2.24, 2.45) is 0 Å². The van der Waals surface area contributed by atoms with Crippen molar-refractivity contribution < 1.29 is 14.3 Å². The molecular weight excluding hydrogens is 296 g/mol. The zero-order valence-corrected chi connectivity index (χ0v) is 13.2. The van der Waals surface area contributed by atoms with Crippen LogP contribution in [-0.2, 0) is 14.3 Å². The molecule has 2 rings (SSSR count). The molecule has 0 unspecified atom stereocenters. The third-order valence-electron chi connectivity index (χ3n) is 3.05. The van der Waals surface area contributed by atoms with Crippen LogP contribution in [0.1, 0.15) is 23.3 Å². The minimum absolute atomic E-state index is 0.0861. The fraction of sp³-hybridized carbons (Fsp3) is 0.222. The Morgan fingerprint density at radius 3 is 1.91 bits per heavy atom. The molecule has 0 amide bonds. The van der Waals surface area contributed by atoms with Crippen LogP contribution in [0.25, 0.3) is 0 Å². The number of hydrogen-bond acceptors (Lipinski definition) is 4. The fourth-order valence-electron chi connectivity index (χ4n) is 2.04. The Morgan fingerprint density at radius 1 is 0.955 bits per heavy atom. The number of benzene rings is 2. The summed E-state index contributed by atoms with van der Waals surface area (Å²) in [6, 6.07) is 20.1. The standard InChI is InChI=1S/C18H18O3S/c1-14(19)21-12-17(20)13-22-18(15-8-4-2-5-9-15)16-10-6-3-7-11-16/h2-11,18H,12-13H2,1H3. The molecule has 114 valence electrons. The number of ketones is 1. The van der Waals surface area contributed by atoms with E-state index in [4.69, 9.17) is 4.74 Å². The maximum atomic E-state index is 11.8. The molecule has 0 aliphatic rings. The third kappa shape index (κ3) is 5.04. The lowest BCUT2D eigenvalue weighted by Gasteiger charge is -2.17. The normalized spacial score (nSPS) is 10.5. The van der Waals surface area contributed by atoms with E-state index in [1.807, 2.05) is 36.4 Å². The number of rotatable bonds is 7. The highest BCUT2D eigenvalue weighted by Crippen LogP contribution is 2.35. The van der Waals surface area contributed by atoms with Gasteiger partial charge in [-0.15, -0.1) is 11.8 Å². The van der Waals surface area contributed by atoms with E-state index in [1.165, 1.54) is 6.92 Å². The van der Waals surface area contributed by atoms with Crippen LogP contribution in [0.3, 0.4) is 0 Å². The molecule has 0 atom stereocenters. The highest BCUT2D eigenvalue weighted by molar-refractivity contribution is 8.00. The van der Waals surface area contributed by atoms with Crippen molar-refractivity contribution in [1.82, 2.24) is 0 Å². The summed E-state index contributed by atoms with van der Waals surface area (Å²) in [5.41, 5.74) is 2.30. The van der Waals surface area contributed by atoms with Crippen LogP contribution in [0.4, 0.5) is 0 Å². The number of ether oxygens (including phenoxy) is 1. The molecular formula is C18H18O3S. The van der Waals surface area contributed by atoms with Crippen LogP contribution >= 0.6 is 11.8 Å². The van der Waals surface area contributed by atoms with Gasteiger partial charge in [-0.25, -0.2) is 0 Å². The van der Waals surface area contributed by atoms with Gasteiger partial charge < -0.3 is 4.74 Å². The summed E-state index contributed by atoms with van der Waals surface area (Å²) in [6.07, 6.45) is 0. The van der Waals surface area contributed by atoms with Crippen LogP contribution in [0.5, 0.6) is 0 Å². The number of carbonyl (C=O) groups excluding carboxylic acids is 2. The second-order valence-electron chi connectivity index (χ2n) is 4.83. The first kappa shape index (κ1) is 16.3. The van der Waals surface area contributed by atoms with E-state index in [9.17, 15) is 9.59 Å². The molecule has 3 nitrogen and oxygen atoms in total. The maximum Gasteiger partial charge on any atom is 0.303 e. The predicted octanol–water partition coefficient (Wildman–Crippen LogP) is 3.64. The van der Waals surface area contributed by atoms with Gasteiger partial charge in [-0.3, -0.25) is 9.59 Å². The minimum atomic E-state index is -0.430. The van der Waals surface area contributed by atoms with Gasteiger partial charge in [0.2, 0.25) is 0 Å². The Morgan fingerprint density at radius 2 is 1.45 bits per heavy atom. The summed E-state index contributed by atoms with van der Waals surface area (Å²) in [5.74, 6) is -0.208. The average Bonchev–Trinajstić information content (AvgIpc) is 2.55. The topological polar surface area (TPSA) is 43.4 Å².